The topological polar surface area (TPSA) is 87.7 Å². The molecule has 0 aliphatic carbocycles. The van der Waals surface area contributed by atoms with Crippen LogP contribution >= 0.6 is 0 Å². The van der Waals surface area contributed by atoms with Crippen molar-refractivity contribution in [2.24, 2.45) is 0 Å². The van der Waals surface area contributed by atoms with Gasteiger partial charge >= 0.3 is 5.97 Å². The van der Waals surface area contributed by atoms with Crippen LogP contribution in [0.2, 0.25) is 0 Å². The molecule has 0 radical (unpaired) electrons. The lowest BCUT2D eigenvalue weighted by Crippen LogP contribution is -2.40. The Morgan fingerprint density at radius 1 is 1.09 bits per heavy atom. The summed E-state index contributed by atoms with van der Waals surface area (Å²) >= 11 is 0. The number of anilines is 2. The quantitative estimate of drug-likeness (QED) is 0.451. The van der Waals surface area contributed by atoms with Crippen molar-refractivity contribution in [2.45, 2.75) is 40.0 Å². The molecule has 2 aromatic rings. The van der Waals surface area contributed by atoms with Crippen molar-refractivity contribution in [2.75, 3.05) is 29.9 Å². The lowest BCUT2D eigenvalue weighted by atomic mass is 10.1. The first kappa shape index (κ1) is 24.0. The number of esters is 1. The molecule has 3 rings (SSSR count). The number of ether oxygens (including phenoxy) is 1. The van der Waals surface area contributed by atoms with Gasteiger partial charge in [0.25, 0.3) is 5.91 Å². The number of carbonyl (C=O) groups is 3. The summed E-state index contributed by atoms with van der Waals surface area (Å²) in [4.78, 5) is 39.1. The van der Waals surface area contributed by atoms with Crippen molar-refractivity contribution in [1.29, 1.82) is 0 Å². The van der Waals surface area contributed by atoms with E-state index in [-0.39, 0.29) is 31.4 Å². The van der Waals surface area contributed by atoms with Crippen LogP contribution in [0.1, 0.15) is 36.5 Å². The molecule has 0 unspecified atom stereocenters. The Morgan fingerprint density at radius 3 is 2.55 bits per heavy atom. The van der Waals surface area contributed by atoms with Crippen LogP contribution in [0.4, 0.5) is 11.4 Å². The maximum absolute atomic E-state index is 13.1. The summed E-state index contributed by atoms with van der Waals surface area (Å²) in [5.41, 5.74) is 4.99. The van der Waals surface area contributed by atoms with Crippen LogP contribution in [0.5, 0.6) is 0 Å². The van der Waals surface area contributed by atoms with Gasteiger partial charge in [-0.15, -0.1) is 0 Å². The molecule has 0 saturated carbocycles. The predicted molar refractivity (Wildman–Crippen MR) is 129 cm³/mol. The number of benzene rings is 2. The number of nitrogens with one attached hydrogen (secondary N) is 2. The van der Waals surface area contributed by atoms with Crippen LogP contribution in [-0.4, -0.2) is 37.5 Å². The van der Waals surface area contributed by atoms with Crippen molar-refractivity contribution in [3.63, 3.8) is 0 Å². The Labute approximate surface area is 194 Å². The van der Waals surface area contributed by atoms with E-state index in [1.165, 1.54) is 16.5 Å². The smallest absolute Gasteiger partial charge is 0.311 e. The number of carbonyl (C=O) groups excluding carboxylic acids is 3. The highest BCUT2D eigenvalue weighted by atomic mass is 16.5. The van der Waals surface area contributed by atoms with Crippen molar-refractivity contribution >= 4 is 29.2 Å². The standard InChI is InChI=1S/C26H31N3O4/c1-4-33-26(32)16-21-15-25(31)29(23-14-19(3)18(2)13-22(23)28-21)17-24(30)27-12-8-11-20-9-6-5-7-10-20/h5-7,9-10,13-15,28H,4,8,11-12,16-17H2,1-3H3,(H,27,30). The maximum atomic E-state index is 13.1. The van der Waals surface area contributed by atoms with Gasteiger partial charge in [-0.2, -0.15) is 0 Å². The van der Waals surface area contributed by atoms with Gasteiger partial charge in [0, 0.05) is 18.3 Å². The lowest BCUT2D eigenvalue weighted by molar-refractivity contribution is -0.142. The van der Waals surface area contributed by atoms with Gasteiger partial charge in [0.2, 0.25) is 5.91 Å². The number of hydrogen-bond acceptors (Lipinski definition) is 5. The summed E-state index contributed by atoms with van der Waals surface area (Å²) in [5.74, 6) is -1.01. The minimum atomic E-state index is -0.418. The first-order valence-electron chi connectivity index (χ1n) is 11.2. The first-order chi connectivity index (χ1) is 15.9. The maximum Gasteiger partial charge on any atom is 0.311 e. The highest BCUT2D eigenvalue weighted by Crippen LogP contribution is 2.33. The number of rotatable bonds is 9. The van der Waals surface area contributed by atoms with Crippen LogP contribution in [0.3, 0.4) is 0 Å². The van der Waals surface area contributed by atoms with Gasteiger partial charge in [0.1, 0.15) is 6.54 Å². The zero-order valence-electron chi connectivity index (χ0n) is 19.4. The second-order valence-electron chi connectivity index (χ2n) is 8.09. The van der Waals surface area contributed by atoms with E-state index in [4.69, 9.17) is 4.74 Å². The van der Waals surface area contributed by atoms with Crippen LogP contribution < -0.4 is 15.5 Å². The monoisotopic (exact) mass is 449 g/mol. The molecule has 33 heavy (non-hydrogen) atoms. The van der Waals surface area contributed by atoms with Crippen LogP contribution in [-0.2, 0) is 25.5 Å². The summed E-state index contributed by atoms with van der Waals surface area (Å²) in [6, 6.07) is 13.9. The van der Waals surface area contributed by atoms with Gasteiger partial charge in [-0.05, 0) is 62.4 Å². The molecular formula is C26H31N3O4. The van der Waals surface area contributed by atoms with E-state index in [1.54, 1.807) is 6.92 Å². The van der Waals surface area contributed by atoms with E-state index in [0.717, 1.165) is 24.0 Å². The molecule has 0 aromatic heterocycles. The zero-order chi connectivity index (χ0) is 23.8. The van der Waals surface area contributed by atoms with E-state index < -0.39 is 5.97 Å². The van der Waals surface area contributed by atoms with Gasteiger partial charge in [-0.25, -0.2) is 0 Å². The largest absolute Gasteiger partial charge is 0.466 e. The summed E-state index contributed by atoms with van der Waals surface area (Å²) in [7, 11) is 0. The Hall–Kier alpha value is -3.61. The van der Waals surface area contributed by atoms with Crippen molar-refractivity contribution in [3.05, 3.63) is 70.9 Å². The molecule has 2 aromatic carbocycles. The van der Waals surface area contributed by atoms with E-state index in [0.29, 0.717) is 23.6 Å². The SMILES string of the molecule is CCOC(=O)CC1=CC(=O)N(CC(=O)NCCCc2ccccc2)c2cc(C)c(C)cc2N1. The number of nitrogens with zero attached hydrogens (tertiary/aromatic N) is 1. The van der Waals surface area contributed by atoms with Gasteiger partial charge < -0.3 is 15.4 Å². The molecule has 0 fully saturated rings. The summed E-state index contributed by atoms with van der Waals surface area (Å²) in [5, 5.41) is 6.10. The third-order valence-electron chi connectivity index (χ3n) is 5.51. The summed E-state index contributed by atoms with van der Waals surface area (Å²) in [6.45, 7) is 6.36. The molecule has 7 heteroatoms. The second kappa shape index (κ2) is 11.3. The molecule has 0 bridgehead atoms. The Morgan fingerprint density at radius 2 is 1.82 bits per heavy atom. The van der Waals surface area contributed by atoms with Crippen LogP contribution in [0.25, 0.3) is 0 Å². The fraction of sp³-hybridized carbons (Fsp3) is 0.346. The Kier molecular flexibility index (Phi) is 8.24. The van der Waals surface area contributed by atoms with E-state index >= 15 is 0 Å². The van der Waals surface area contributed by atoms with E-state index in [1.807, 2.05) is 44.2 Å². The molecule has 1 heterocycles. The number of amides is 2. The van der Waals surface area contributed by atoms with Crippen molar-refractivity contribution < 1.29 is 19.1 Å². The average Bonchev–Trinajstić information content (AvgIpc) is 2.89. The Balaban J connectivity index is 1.70. The first-order valence-corrected chi connectivity index (χ1v) is 11.2. The lowest BCUT2D eigenvalue weighted by Gasteiger charge is -2.23. The average molecular weight is 450 g/mol. The normalized spacial score (nSPS) is 12.9. The minimum absolute atomic E-state index is 0.0501. The van der Waals surface area contributed by atoms with Gasteiger partial charge in [-0.1, -0.05) is 30.3 Å². The predicted octanol–water partition coefficient (Wildman–Crippen LogP) is 3.65. The third-order valence-corrected chi connectivity index (χ3v) is 5.51. The minimum Gasteiger partial charge on any atom is -0.466 e. The molecule has 0 spiro atoms. The molecule has 0 atom stereocenters. The molecule has 174 valence electrons. The molecule has 1 aliphatic rings. The van der Waals surface area contributed by atoms with Gasteiger partial charge in [0.05, 0.1) is 24.4 Å². The third kappa shape index (κ3) is 6.68. The van der Waals surface area contributed by atoms with Gasteiger partial charge in [0.15, 0.2) is 0 Å². The van der Waals surface area contributed by atoms with Crippen LogP contribution in [0.15, 0.2) is 54.2 Å². The number of aryl methyl sites for hydroxylation is 3. The second-order valence-corrected chi connectivity index (χ2v) is 8.09. The highest BCUT2D eigenvalue weighted by molar-refractivity contribution is 6.09. The van der Waals surface area contributed by atoms with E-state index in [9.17, 15) is 14.4 Å². The molecular weight excluding hydrogens is 418 g/mol. The molecule has 7 nitrogen and oxygen atoms in total. The fourth-order valence-corrected chi connectivity index (χ4v) is 3.67. The molecule has 1 aliphatic heterocycles. The zero-order valence-corrected chi connectivity index (χ0v) is 19.4. The summed E-state index contributed by atoms with van der Waals surface area (Å²) < 4.78 is 5.02. The van der Waals surface area contributed by atoms with Crippen molar-refractivity contribution in [1.82, 2.24) is 5.32 Å². The highest BCUT2D eigenvalue weighted by Gasteiger charge is 2.26. The summed E-state index contributed by atoms with van der Waals surface area (Å²) in [6.07, 6.45) is 2.99. The molecule has 2 N–H and O–H groups in total. The fourth-order valence-electron chi connectivity index (χ4n) is 3.67. The van der Waals surface area contributed by atoms with Crippen molar-refractivity contribution in [3.8, 4) is 0 Å². The van der Waals surface area contributed by atoms with E-state index in [2.05, 4.69) is 22.8 Å². The Bertz CT molecular complexity index is 1050. The molecule has 0 saturated heterocycles. The number of fused-ring (bicyclic) bond motifs is 1. The number of hydrogen-bond donors (Lipinski definition) is 2. The van der Waals surface area contributed by atoms with Gasteiger partial charge in [-0.3, -0.25) is 19.3 Å². The van der Waals surface area contributed by atoms with Crippen LogP contribution in [0, 0.1) is 13.8 Å². The molecule has 2 amide bonds.